The summed E-state index contributed by atoms with van der Waals surface area (Å²) >= 11 is 0. The normalized spacial score (nSPS) is 28.4. The van der Waals surface area contributed by atoms with E-state index in [1.165, 1.54) is 22.3 Å². The molecule has 0 N–H and O–H groups in total. The highest BCUT2D eigenvalue weighted by molar-refractivity contribution is 5.32. The van der Waals surface area contributed by atoms with E-state index in [1.54, 1.807) is 0 Å². The van der Waals surface area contributed by atoms with Crippen LogP contribution in [0.5, 0.6) is 0 Å². The minimum absolute atomic E-state index is 0.234. The smallest absolute Gasteiger partial charge is 0.184 e. The molecule has 27 heavy (non-hydrogen) atoms. The molecule has 1 spiro atoms. The summed E-state index contributed by atoms with van der Waals surface area (Å²) in [5.74, 6) is 0. The fourth-order valence-electron chi connectivity index (χ4n) is 3.74. The lowest BCUT2D eigenvalue weighted by Gasteiger charge is -2.44. The van der Waals surface area contributed by atoms with Gasteiger partial charge in [0.05, 0.1) is 31.8 Å². The van der Waals surface area contributed by atoms with E-state index in [-0.39, 0.29) is 18.0 Å². The molecule has 0 bridgehead atoms. The van der Waals surface area contributed by atoms with E-state index in [4.69, 9.17) is 18.9 Å². The molecule has 2 aliphatic rings. The summed E-state index contributed by atoms with van der Waals surface area (Å²) in [6.07, 6.45) is -0.625. The summed E-state index contributed by atoms with van der Waals surface area (Å²) in [5.41, 5.74) is 6.78. The molecule has 2 fully saturated rings. The van der Waals surface area contributed by atoms with Crippen LogP contribution in [0.25, 0.3) is 0 Å². The average Bonchev–Trinajstić information content (AvgIpc) is 2.67. The highest BCUT2D eigenvalue weighted by atomic mass is 16.7. The standard InChI is InChI=1S/C23H28O4/c1-15-5-7-17(3)19(9-15)21-24-11-23(12-25-21)13-26-22(27-14-23)20-10-16(2)6-8-18(20)4/h5-10,21-22H,11-14H2,1-4H3. The van der Waals surface area contributed by atoms with E-state index in [0.717, 1.165) is 11.1 Å². The Bertz CT molecular complexity index is 740. The first kappa shape index (κ1) is 18.6. The van der Waals surface area contributed by atoms with Gasteiger partial charge in [-0.1, -0.05) is 47.5 Å². The van der Waals surface area contributed by atoms with E-state index in [0.29, 0.717) is 26.4 Å². The first-order valence-electron chi connectivity index (χ1n) is 9.57. The number of hydrogen-bond acceptors (Lipinski definition) is 4. The van der Waals surface area contributed by atoms with Gasteiger partial charge in [0, 0.05) is 11.1 Å². The molecule has 144 valence electrons. The van der Waals surface area contributed by atoms with Crippen molar-refractivity contribution in [2.75, 3.05) is 26.4 Å². The van der Waals surface area contributed by atoms with Crippen LogP contribution in [0.2, 0.25) is 0 Å². The molecule has 0 aromatic heterocycles. The predicted octanol–water partition coefficient (Wildman–Crippen LogP) is 4.70. The molecule has 2 saturated heterocycles. The second kappa shape index (κ2) is 7.36. The number of hydrogen-bond donors (Lipinski definition) is 0. The maximum atomic E-state index is 6.09. The maximum absolute atomic E-state index is 6.09. The van der Waals surface area contributed by atoms with Gasteiger partial charge in [0.15, 0.2) is 12.6 Å². The molecule has 2 aromatic rings. The van der Waals surface area contributed by atoms with Crippen LogP contribution in [-0.2, 0) is 18.9 Å². The maximum Gasteiger partial charge on any atom is 0.184 e. The van der Waals surface area contributed by atoms with Crippen LogP contribution in [0, 0.1) is 33.1 Å². The van der Waals surface area contributed by atoms with Crippen LogP contribution in [0.1, 0.15) is 46.0 Å². The van der Waals surface area contributed by atoms with Gasteiger partial charge < -0.3 is 18.9 Å². The third kappa shape index (κ3) is 3.81. The molecule has 0 atom stereocenters. The van der Waals surface area contributed by atoms with Gasteiger partial charge in [-0.2, -0.15) is 0 Å². The van der Waals surface area contributed by atoms with Gasteiger partial charge in [-0.3, -0.25) is 0 Å². The molecule has 4 heteroatoms. The topological polar surface area (TPSA) is 36.9 Å². The Morgan fingerprint density at radius 3 is 1.37 bits per heavy atom. The summed E-state index contributed by atoms with van der Waals surface area (Å²) in [6.45, 7) is 10.7. The van der Waals surface area contributed by atoms with Gasteiger partial charge in [-0.25, -0.2) is 0 Å². The van der Waals surface area contributed by atoms with E-state index < -0.39 is 0 Å². The van der Waals surface area contributed by atoms with Gasteiger partial charge in [-0.15, -0.1) is 0 Å². The second-order valence-corrected chi connectivity index (χ2v) is 8.13. The van der Waals surface area contributed by atoms with Crippen molar-refractivity contribution in [1.82, 2.24) is 0 Å². The van der Waals surface area contributed by atoms with Crippen LogP contribution >= 0.6 is 0 Å². The molecule has 2 aliphatic heterocycles. The van der Waals surface area contributed by atoms with Crippen molar-refractivity contribution in [3.05, 3.63) is 69.8 Å². The van der Waals surface area contributed by atoms with E-state index in [9.17, 15) is 0 Å². The first-order chi connectivity index (χ1) is 13.0. The Labute approximate surface area is 161 Å². The Balaban J connectivity index is 1.40. The van der Waals surface area contributed by atoms with Crippen LogP contribution in [0.4, 0.5) is 0 Å². The van der Waals surface area contributed by atoms with Crippen molar-refractivity contribution < 1.29 is 18.9 Å². The Morgan fingerprint density at radius 2 is 1.00 bits per heavy atom. The summed E-state index contributed by atoms with van der Waals surface area (Å²) in [6, 6.07) is 12.7. The SMILES string of the molecule is Cc1ccc(C)c(C2OCC3(CO2)COC(c2cc(C)ccc2C)OC3)c1. The van der Waals surface area contributed by atoms with Gasteiger partial charge >= 0.3 is 0 Å². The van der Waals surface area contributed by atoms with Crippen molar-refractivity contribution >= 4 is 0 Å². The van der Waals surface area contributed by atoms with Crippen molar-refractivity contribution in [3.8, 4) is 0 Å². The summed E-state index contributed by atoms with van der Waals surface area (Å²) in [5, 5.41) is 0. The minimum Gasteiger partial charge on any atom is -0.348 e. The van der Waals surface area contributed by atoms with Crippen molar-refractivity contribution in [1.29, 1.82) is 0 Å². The summed E-state index contributed by atoms with van der Waals surface area (Å²) in [4.78, 5) is 0. The predicted molar refractivity (Wildman–Crippen MR) is 104 cm³/mol. The van der Waals surface area contributed by atoms with Gasteiger partial charge in [0.25, 0.3) is 0 Å². The molecule has 0 radical (unpaired) electrons. The number of rotatable bonds is 2. The van der Waals surface area contributed by atoms with Crippen LogP contribution in [0.3, 0.4) is 0 Å². The van der Waals surface area contributed by atoms with Gasteiger partial charge in [0.1, 0.15) is 0 Å². The zero-order chi connectivity index (χ0) is 19.0. The number of benzene rings is 2. The monoisotopic (exact) mass is 368 g/mol. The van der Waals surface area contributed by atoms with Gasteiger partial charge in [-0.05, 0) is 38.8 Å². The first-order valence-corrected chi connectivity index (χ1v) is 9.57. The highest BCUT2D eigenvalue weighted by Crippen LogP contribution is 2.39. The third-order valence-electron chi connectivity index (χ3n) is 5.54. The quantitative estimate of drug-likeness (QED) is 0.770. The summed E-state index contributed by atoms with van der Waals surface area (Å²) < 4.78 is 24.4. The van der Waals surface area contributed by atoms with Gasteiger partial charge in [0.2, 0.25) is 0 Å². The van der Waals surface area contributed by atoms with E-state index in [1.807, 2.05) is 0 Å². The molecule has 0 aliphatic carbocycles. The zero-order valence-corrected chi connectivity index (χ0v) is 16.6. The lowest BCUT2D eigenvalue weighted by molar-refractivity contribution is -0.307. The Kier molecular flexibility index (Phi) is 5.08. The molecule has 0 amide bonds. The van der Waals surface area contributed by atoms with Crippen LogP contribution in [-0.4, -0.2) is 26.4 Å². The molecular formula is C23H28O4. The Morgan fingerprint density at radius 1 is 0.630 bits per heavy atom. The fraction of sp³-hybridized carbons (Fsp3) is 0.478. The minimum atomic E-state index is -0.313. The molecule has 2 aromatic carbocycles. The fourth-order valence-corrected chi connectivity index (χ4v) is 3.74. The average molecular weight is 368 g/mol. The lowest BCUT2D eigenvalue weighted by atomic mass is 9.90. The van der Waals surface area contributed by atoms with E-state index in [2.05, 4.69) is 64.1 Å². The molecule has 4 rings (SSSR count). The van der Waals surface area contributed by atoms with E-state index >= 15 is 0 Å². The lowest BCUT2D eigenvalue weighted by Crippen LogP contribution is -2.49. The largest absolute Gasteiger partial charge is 0.348 e. The zero-order valence-electron chi connectivity index (χ0n) is 16.6. The summed E-state index contributed by atoms with van der Waals surface area (Å²) in [7, 11) is 0. The molecule has 0 saturated carbocycles. The molecule has 2 heterocycles. The molecule has 4 nitrogen and oxygen atoms in total. The van der Waals surface area contributed by atoms with Crippen LogP contribution in [0.15, 0.2) is 36.4 Å². The Hall–Kier alpha value is -1.72. The molecule has 0 unspecified atom stereocenters. The van der Waals surface area contributed by atoms with Crippen molar-refractivity contribution in [3.63, 3.8) is 0 Å². The van der Waals surface area contributed by atoms with Crippen molar-refractivity contribution in [2.24, 2.45) is 5.41 Å². The highest BCUT2D eigenvalue weighted by Gasteiger charge is 2.43. The molecular weight excluding hydrogens is 340 g/mol. The second-order valence-electron chi connectivity index (χ2n) is 8.13. The third-order valence-corrected chi connectivity index (χ3v) is 5.54. The number of ether oxygens (including phenoxy) is 4. The van der Waals surface area contributed by atoms with Crippen molar-refractivity contribution in [2.45, 2.75) is 40.3 Å². The number of aryl methyl sites for hydroxylation is 4. The van der Waals surface area contributed by atoms with Crippen LogP contribution < -0.4 is 0 Å².